The largest absolute Gasteiger partial charge is 0.312 e. The third-order valence-corrected chi connectivity index (χ3v) is 3.46. The van der Waals surface area contributed by atoms with Gasteiger partial charge in [0.2, 0.25) is 0 Å². The molecule has 1 aromatic rings. The number of nitrogens with zero attached hydrogens (tertiary/aromatic N) is 1. The highest BCUT2D eigenvalue weighted by Crippen LogP contribution is 2.12. The Labute approximate surface area is 119 Å². The Balaban J connectivity index is 2.62. The molecule has 0 saturated heterocycles. The molecule has 0 bridgehead atoms. The van der Waals surface area contributed by atoms with E-state index in [4.69, 9.17) is 0 Å². The first-order valence-corrected chi connectivity index (χ1v) is 7.50. The minimum Gasteiger partial charge on any atom is -0.312 e. The summed E-state index contributed by atoms with van der Waals surface area (Å²) < 4.78 is 0. The van der Waals surface area contributed by atoms with E-state index in [0.717, 1.165) is 32.6 Å². The predicted molar refractivity (Wildman–Crippen MR) is 84.5 cm³/mol. The van der Waals surface area contributed by atoms with Gasteiger partial charge in [0, 0.05) is 12.1 Å². The van der Waals surface area contributed by atoms with Gasteiger partial charge < -0.3 is 5.32 Å². The van der Waals surface area contributed by atoms with Gasteiger partial charge in [0.15, 0.2) is 0 Å². The number of rotatable bonds is 7. The normalized spacial score (nSPS) is 12.1. The van der Waals surface area contributed by atoms with Gasteiger partial charge in [-0.3, -0.25) is 4.90 Å². The van der Waals surface area contributed by atoms with E-state index in [1.807, 2.05) is 0 Å². The van der Waals surface area contributed by atoms with Crippen LogP contribution in [-0.2, 0) is 13.0 Å². The quantitative estimate of drug-likeness (QED) is 0.809. The molecule has 0 aliphatic rings. The molecule has 0 amide bonds. The van der Waals surface area contributed by atoms with Crippen molar-refractivity contribution in [3.8, 4) is 0 Å². The smallest absolute Gasteiger partial charge is 0.0236 e. The van der Waals surface area contributed by atoms with Crippen molar-refractivity contribution >= 4 is 0 Å². The van der Waals surface area contributed by atoms with E-state index < -0.39 is 0 Å². The SMILES string of the molecule is CCN(CC)Cc1ccccc1CCNC(C)(C)C. The topological polar surface area (TPSA) is 15.3 Å². The first-order valence-electron chi connectivity index (χ1n) is 7.50. The van der Waals surface area contributed by atoms with Gasteiger partial charge in [-0.15, -0.1) is 0 Å². The van der Waals surface area contributed by atoms with Crippen LogP contribution < -0.4 is 5.32 Å². The Morgan fingerprint density at radius 1 is 1.00 bits per heavy atom. The molecule has 0 radical (unpaired) electrons. The Bertz CT molecular complexity index is 362. The number of hydrogen-bond acceptors (Lipinski definition) is 2. The molecule has 0 aliphatic heterocycles. The van der Waals surface area contributed by atoms with Crippen molar-refractivity contribution in [3.05, 3.63) is 35.4 Å². The van der Waals surface area contributed by atoms with E-state index in [1.165, 1.54) is 11.1 Å². The fourth-order valence-electron chi connectivity index (χ4n) is 2.22. The van der Waals surface area contributed by atoms with Crippen LogP contribution in [0, 0.1) is 0 Å². The Morgan fingerprint density at radius 3 is 2.11 bits per heavy atom. The summed E-state index contributed by atoms with van der Waals surface area (Å²) in [5.74, 6) is 0. The minimum absolute atomic E-state index is 0.202. The lowest BCUT2D eigenvalue weighted by atomic mass is 10.0. The third-order valence-electron chi connectivity index (χ3n) is 3.46. The molecule has 1 aromatic carbocycles. The van der Waals surface area contributed by atoms with Gasteiger partial charge >= 0.3 is 0 Å². The fraction of sp³-hybridized carbons (Fsp3) is 0.647. The second-order valence-electron chi connectivity index (χ2n) is 6.16. The number of hydrogen-bond donors (Lipinski definition) is 1. The number of nitrogens with one attached hydrogen (secondary N) is 1. The van der Waals surface area contributed by atoms with E-state index in [0.29, 0.717) is 0 Å². The van der Waals surface area contributed by atoms with Gasteiger partial charge in [-0.25, -0.2) is 0 Å². The van der Waals surface area contributed by atoms with Crippen molar-refractivity contribution in [2.24, 2.45) is 0 Å². The van der Waals surface area contributed by atoms with E-state index >= 15 is 0 Å². The maximum atomic E-state index is 3.57. The highest BCUT2D eigenvalue weighted by Gasteiger charge is 2.09. The second kappa shape index (κ2) is 7.66. The van der Waals surface area contributed by atoms with Crippen molar-refractivity contribution in [3.63, 3.8) is 0 Å². The van der Waals surface area contributed by atoms with E-state index in [2.05, 4.69) is 69.1 Å². The molecule has 0 aliphatic carbocycles. The van der Waals surface area contributed by atoms with Gasteiger partial charge in [0.1, 0.15) is 0 Å². The average Bonchev–Trinajstić information content (AvgIpc) is 2.36. The Kier molecular flexibility index (Phi) is 6.53. The molecule has 2 heteroatoms. The molecule has 108 valence electrons. The van der Waals surface area contributed by atoms with E-state index in [9.17, 15) is 0 Å². The molecule has 0 aromatic heterocycles. The van der Waals surface area contributed by atoms with Crippen LogP contribution in [0.15, 0.2) is 24.3 Å². The first-order chi connectivity index (χ1) is 8.96. The maximum Gasteiger partial charge on any atom is 0.0236 e. The van der Waals surface area contributed by atoms with Crippen LogP contribution in [0.4, 0.5) is 0 Å². The molecule has 0 saturated carbocycles. The van der Waals surface area contributed by atoms with Crippen molar-refractivity contribution in [1.82, 2.24) is 10.2 Å². The molecule has 19 heavy (non-hydrogen) atoms. The summed E-state index contributed by atoms with van der Waals surface area (Å²) in [6.45, 7) is 15.5. The number of benzene rings is 1. The lowest BCUT2D eigenvalue weighted by Crippen LogP contribution is -2.37. The Hall–Kier alpha value is -0.860. The van der Waals surface area contributed by atoms with Crippen LogP contribution in [0.25, 0.3) is 0 Å². The summed E-state index contributed by atoms with van der Waals surface area (Å²) in [7, 11) is 0. The summed E-state index contributed by atoms with van der Waals surface area (Å²) >= 11 is 0. The summed E-state index contributed by atoms with van der Waals surface area (Å²) in [6, 6.07) is 8.84. The molecular weight excluding hydrogens is 232 g/mol. The molecule has 0 atom stereocenters. The van der Waals surface area contributed by atoms with E-state index in [-0.39, 0.29) is 5.54 Å². The lowest BCUT2D eigenvalue weighted by molar-refractivity contribution is 0.295. The van der Waals surface area contributed by atoms with Gasteiger partial charge in [-0.2, -0.15) is 0 Å². The molecule has 0 spiro atoms. The summed E-state index contributed by atoms with van der Waals surface area (Å²) in [5, 5.41) is 3.57. The standard InChI is InChI=1S/C17H30N2/c1-6-19(7-2)14-16-11-9-8-10-15(16)12-13-18-17(3,4)5/h8-11,18H,6-7,12-14H2,1-5H3. The molecule has 0 heterocycles. The van der Waals surface area contributed by atoms with Crippen LogP contribution in [0.3, 0.4) is 0 Å². The maximum absolute atomic E-state index is 3.57. The molecule has 1 rings (SSSR count). The molecular formula is C17H30N2. The van der Waals surface area contributed by atoms with Crippen molar-refractivity contribution in [2.75, 3.05) is 19.6 Å². The monoisotopic (exact) mass is 262 g/mol. The van der Waals surface area contributed by atoms with Crippen LogP contribution in [0.5, 0.6) is 0 Å². The molecule has 1 N–H and O–H groups in total. The highest BCUT2D eigenvalue weighted by atomic mass is 15.1. The van der Waals surface area contributed by atoms with Crippen molar-refractivity contribution in [1.29, 1.82) is 0 Å². The van der Waals surface area contributed by atoms with Crippen LogP contribution >= 0.6 is 0 Å². The van der Waals surface area contributed by atoms with E-state index in [1.54, 1.807) is 0 Å². The van der Waals surface area contributed by atoms with Crippen molar-refractivity contribution < 1.29 is 0 Å². The zero-order chi connectivity index (χ0) is 14.3. The van der Waals surface area contributed by atoms with Crippen LogP contribution in [-0.4, -0.2) is 30.1 Å². The Morgan fingerprint density at radius 2 is 1.58 bits per heavy atom. The summed E-state index contributed by atoms with van der Waals surface area (Å²) in [5.41, 5.74) is 3.15. The molecule has 0 unspecified atom stereocenters. The molecule has 2 nitrogen and oxygen atoms in total. The fourth-order valence-corrected chi connectivity index (χ4v) is 2.22. The predicted octanol–water partition coefficient (Wildman–Crippen LogP) is 3.46. The van der Waals surface area contributed by atoms with Crippen LogP contribution in [0.2, 0.25) is 0 Å². The van der Waals surface area contributed by atoms with Crippen LogP contribution in [0.1, 0.15) is 45.7 Å². The van der Waals surface area contributed by atoms with Gasteiger partial charge in [0.25, 0.3) is 0 Å². The molecule has 0 fully saturated rings. The summed E-state index contributed by atoms with van der Waals surface area (Å²) in [4.78, 5) is 2.47. The highest BCUT2D eigenvalue weighted by molar-refractivity contribution is 5.27. The second-order valence-corrected chi connectivity index (χ2v) is 6.16. The first kappa shape index (κ1) is 16.2. The van der Waals surface area contributed by atoms with Crippen molar-refractivity contribution in [2.45, 2.75) is 53.1 Å². The third kappa shape index (κ3) is 6.22. The minimum atomic E-state index is 0.202. The van der Waals surface area contributed by atoms with Gasteiger partial charge in [0.05, 0.1) is 0 Å². The van der Waals surface area contributed by atoms with Gasteiger partial charge in [-0.1, -0.05) is 38.1 Å². The average molecular weight is 262 g/mol. The summed E-state index contributed by atoms with van der Waals surface area (Å²) in [6.07, 6.45) is 1.11. The zero-order valence-corrected chi connectivity index (χ0v) is 13.3. The zero-order valence-electron chi connectivity index (χ0n) is 13.3. The lowest BCUT2D eigenvalue weighted by Gasteiger charge is -2.22. The van der Waals surface area contributed by atoms with Gasteiger partial charge in [-0.05, 0) is 58.0 Å².